The van der Waals surface area contributed by atoms with Crippen LogP contribution >= 0.6 is 0 Å². The molecule has 0 fully saturated rings. The molecule has 0 aliphatic carbocycles. The molecule has 0 unspecified atom stereocenters. The van der Waals surface area contributed by atoms with Crippen molar-refractivity contribution in [2.75, 3.05) is 18.5 Å². The fourth-order valence-corrected chi connectivity index (χ4v) is 1.81. The van der Waals surface area contributed by atoms with E-state index in [0.717, 1.165) is 5.56 Å². The SMILES string of the molecule is CC(C)(C)c1cc2c(c([N+](=O)[O-])c1)NCCO2. The van der Waals surface area contributed by atoms with Crippen LogP contribution in [0.2, 0.25) is 0 Å². The van der Waals surface area contributed by atoms with Gasteiger partial charge in [-0.2, -0.15) is 0 Å². The van der Waals surface area contributed by atoms with Gasteiger partial charge in [0.15, 0.2) is 5.69 Å². The number of nitrogens with one attached hydrogen (secondary N) is 1. The Morgan fingerprint density at radius 1 is 1.41 bits per heavy atom. The molecule has 1 aromatic rings. The number of hydrogen-bond acceptors (Lipinski definition) is 4. The molecular weight excluding hydrogens is 220 g/mol. The lowest BCUT2D eigenvalue weighted by Crippen LogP contribution is -2.20. The maximum atomic E-state index is 11.1. The molecule has 1 aliphatic heterocycles. The number of nitro groups is 1. The van der Waals surface area contributed by atoms with E-state index in [1.807, 2.05) is 26.8 Å². The van der Waals surface area contributed by atoms with Crippen molar-refractivity contribution in [3.63, 3.8) is 0 Å². The van der Waals surface area contributed by atoms with Crippen LogP contribution in [0.1, 0.15) is 26.3 Å². The Morgan fingerprint density at radius 2 is 2.12 bits per heavy atom. The van der Waals surface area contributed by atoms with Crippen LogP contribution in [-0.4, -0.2) is 18.1 Å². The third kappa shape index (κ3) is 2.18. The third-order valence-electron chi connectivity index (χ3n) is 2.81. The van der Waals surface area contributed by atoms with E-state index in [-0.39, 0.29) is 16.0 Å². The summed E-state index contributed by atoms with van der Waals surface area (Å²) in [5.41, 5.74) is 1.36. The Hall–Kier alpha value is -1.78. The Kier molecular flexibility index (Phi) is 2.69. The number of nitrogens with zero attached hydrogens (tertiary/aromatic N) is 1. The molecule has 0 radical (unpaired) electrons. The summed E-state index contributed by atoms with van der Waals surface area (Å²) in [7, 11) is 0. The zero-order valence-electron chi connectivity index (χ0n) is 10.2. The highest BCUT2D eigenvalue weighted by molar-refractivity contribution is 5.72. The van der Waals surface area contributed by atoms with Gasteiger partial charge in [0.25, 0.3) is 5.69 Å². The van der Waals surface area contributed by atoms with Crippen LogP contribution in [0.5, 0.6) is 5.75 Å². The third-order valence-corrected chi connectivity index (χ3v) is 2.81. The zero-order chi connectivity index (χ0) is 12.6. The van der Waals surface area contributed by atoms with E-state index in [9.17, 15) is 10.1 Å². The van der Waals surface area contributed by atoms with Crippen molar-refractivity contribution < 1.29 is 9.66 Å². The van der Waals surface area contributed by atoms with Crippen molar-refractivity contribution in [2.24, 2.45) is 0 Å². The van der Waals surface area contributed by atoms with Gasteiger partial charge in [-0.25, -0.2) is 0 Å². The number of anilines is 1. The quantitative estimate of drug-likeness (QED) is 0.601. The van der Waals surface area contributed by atoms with Gasteiger partial charge in [0.1, 0.15) is 12.4 Å². The monoisotopic (exact) mass is 236 g/mol. The number of hydrogen-bond donors (Lipinski definition) is 1. The lowest BCUT2D eigenvalue weighted by Gasteiger charge is -2.24. The molecule has 5 heteroatoms. The van der Waals surface area contributed by atoms with Gasteiger partial charge in [0, 0.05) is 12.6 Å². The first-order valence-electron chi connectivity index (χ1n) is 5.59. The molecule has 5 nitrogen and oxygen atoms in total. The minimum absolute atomic E-state index is 0.0899. The fourth-order valence-electron chi connectivity index (χ4n) is 1.81. The normalized spacial score (nSPS) is 14.5. The molecule has 1 N–H and O–H groups in total. The van der Waals surface area contributed by atoms with Gasteiger partial charge in [-0.15, -0.1) is 0 Å². The van der Waals surface area contributed by atoms with Crippen LogP contribution in [0, 0.1) is 10.1 Å². The highest BCUT2D eigenvalue weighted by Crippen LogP contribution is 2.40. The van der Waals surface area contributed by atoms with E-state index >= 15 is 0 Å². The summed E-state index contributed by atoms with van der Waals surface area (Å²) in [6, 6.07) is 3.51. The first kappa shape index (κ1) is 11.7. The summed E-state index contributed by atoms with van der Waals surface area (Å²) in [5.74, 6) is 0.579. The van der Waals surface area contributed by atoms with Crippen molar-refractivity contribution in [1.82, 2.24) is 0 Å². The Balaban J connectivity index is 2.60. The minimum Gasteiger partial charge on any atom is -0.489 e. The van der Waals surface area contributed by atoms with Crippen LogP contribution in [0.3, 0.4) is 0 Å². The molecule has 0 atom stereocenters. The van der Waals surface area contributed by atoms with Gasteiger partial charge in [-0.3, -0.25) is 10.1 Å². The van der Waals surface area contributed by atoms with Crippen LogP contribution < -0.4 is 10.1 Å². The molecule has 0 aromatic heterocycles. The average Bonchev–Trinajstić information content (AvgIpc) is 2.26. The lowest BCUT2D eigenvalue weighted by atomic mass is 9.86. The summed E-state index contributed by atoms with van der Waals surface area (Å²) in [6.07, 6.45) is 0. The smallest absolute Gasteiger partial charge is 0.296 e. The number of fused-ring (bicyclic) bond motifs is 1. The highest BCUT2D eigenvalue weighted by atomic mass is 16.6. The molecule has 0 amide bonds. The molecule has 0 saturated carbocycles. The lowest BCUT2D eigenvalue weighted by molar-refractivity contribution is -0.384. The summed E-state index contributed by atoms with van der Waals surface area (Å²) in [6.45, 7) is 7.21. The van der Waals surface area contributed by atoms with E-state index in [4.69, 9.17) is 4.74 Å². The van der Waals surface area contributed by atoms with Crippen molar-refractivity contribution in [2.45, 2.75) is 26.2 Å². The van der Waals surface area contributed by atoms with Crippen molar-refractivity contribution >= 4 is 11.4 Å². The average molecular weight is 236 g/mol. The van der Waals surface area contributed by atoms with Crippen LogP contribution in [-0.2, 0) is 5.41 Å². The van der Waals surface area contributed by atoms with Crippen LogP contribution in [0.4, 0.5) is 11.4 Å². The molecule has 1 heterocycles. The van der Waals surface area contributed by atoms with Gasteiger partial charge in [-0.1, -0.05) is 20.8 Å². The van der Waals surface area contributed by atoms with E-state index in [0.29, 0.717) is 24.6 Å². The number of ether oxygens (including phenoxy) is 1. The minimum atomic E-state index is -0.365. The molecule has 92 valence electrons. The van der Waals surface area contributed by atoms with Gasteiger partial charge < -0.3 is 10.1 Å². The first-order chi connectivity index (χ1) is 7.89. The van der Waals surface area contributed by atoms with Crippen molar-refractivity contribution in [3.8, 4) is 5.75 Å². The predicted octanol–water partition coefficient (Wildman–Crippen LogP) is 2.70. The summed E-state index contributed by atoms with van der Waals surface area (Å²) < 4.78 is 5.48. The molecule has 0 spiro atoms. The van der Waals surface area contributed by atoms with Crippen molar-refractivity contribution in [3.05, 3.63) is 27.8 Å². The zero-order valence-corrected chi connectivity index (χ0v) is 10.2. The van der Waals surface area contributed by atoms with E-state index in [1.54, 1.807) is 6.07 Å². The van der Waals surface area contributed by atoms with Gasteiger partial charge >= 0.3 is 0 Å². The topological polar surface area (TPSA) is 64.4 Å². The summed E-state index contributed by atoms with van der Waals surface area (Å²) in [4.78, 5) is 10.7. The van der Waals surface area contributed by atoms with Crippen LogP contribution in [0.15, 0.2) is 12.1 Å². The first-order valence-corrected chi connectivity index (χ1v) is 5.59. The van der Waals surface area contributed by atoms with E-state index in [2.05, 4.69) is 5.32 Å². The fraction of sp³-hybridized carbons (Fsp3) is 0.500. The standard InChI is InChI=1S/C12H16N2O3/c1-12(2,3)8-6-9(14(15)16)11-10(7-8)17-5-4-13-11/h6-7,13H,4-5H2,1-3H3. The second-order valence-corrected chi connectivity index (χ2v) is 5.15. The molecule has 0 bridgehead atoms. The van der Waals surface area contributed by atoms with E-state index in [1.165, 1.54) is 0 Å². The summed E-state index contributed by atoms with van der Waals surface area (Å²) in [5, 5.41) is 14.1. The number of nitro benzene ring substituents is 1. The highest BCUT2D eigenvalue weighted by Gasteiger charge is 2.26. The molecule has 1 aliphatic rings. The van der Waals surface area contributed by atoms with Gasteiger partial charge in [0.2, 0.25) is 0 Å². The summed E-state index contributed by atoms with van der Waals surface area (Å²) >= 11 is 0. The van der Waals surface area contributed by atoms with E-state index < -0.39 is 0 Å². The largest absolute Gasteiger partial charge is 0.489 e. The number of benzene rings is 1. The second-order valence-electron chi connectivity index (χ2n) is 5.15. The Bertz CT molecular complexity index is 464. The van der Waals surface area contributed by atoms with Gasteiger partial charge in [-0.05, 0) is 17.0 Å². The molecular formula is C12H16N2O3. The molecule has 0 saturated heterocycles. The number of rotatable bonds is 1. The maximum Gasteiger partial charge on any atom is 0.296 e. The second kappa shape index (κ2) is 3.91. The van der Waals surface area contributed by atoms with Crippen LogP contribution in [0.25, 0.3) is 0 Å². The maximum absolute atomic E-state index is 11.1. The Labute approximate surface area is 99.9 Å². The predicted molar refractivity (Wildman–Crippen MR) is 65.8 cm³/mol. The molecule has 17 heavy (non-hydrogen) atoms. The molecule has 2 rings (SSSR count). The van der Waals surface area contributed by atoms with Crippen molar-refractivity contribution in [1.29, 1.82) is 0 Å². The van der Waals surface area contributed by atoms with Gasteiger partial charge in [0.05, 0.1) is 4.92 Å². The Morgan fingerprint density at radius 3 is 2.71 bits per heavy atom. The molecule has 1 aromatic carbocycles.